The number of rotatable bonds is 1. The van der Waals surface area contributed by atoms with Crippen LogP contribution >= 0.6 is 0 Å². The van der Waals surface area contributed by atoms with Crippen LogP contribution in [0.25, 0.3) is 0 Å². The zero-order valence-electron chi connectivity index (χ0n) is 4.12. The van der Waals surface area contributed by atoms with Crippen molar-refractivity contribution in [3.05, 3.63) is 0 Å². The van der Waals surface area contributed by atoms with Crippen LogP contribution in [-0.2, 0) is 14.0 Å². The van der Waals surface area contributed by atoms with E-state index in [1.165, 1.54) is 0 Å². The molecule has 0 heterocycles. The summed E-state index contributed by atoms with van der Waals surface area (Å²) >= 11 is 0. The summed E-state index contributed by atoms with van der Waals surface area (Å²) < 4.78 is 21.8. The van der Waals surface area contributed by atoms with Crippen LogP contribution < -0.4 is 0 Å². The van der Waals surface area contributed by atoms with Crippen molar-refractivity contribution in [2.24, 2.45) is 0 Å². The van der Waals surface area contributed by atoms with Crippen molar-refractivity contribution in [3.8, 4) is 0 Å². The smallest absolute Gasteiger partial charge is 0.108 e. The van der Waals surface area contributed by atoms with Crippen LogP contribution in [0, 0.1) is 0 Å². The lowest BCUT2D eigenvalue weighted by Gasteiger charge is -2.20. The van der Waals surface area contributed by atoms with Crippen molar-refractivity contribution in [2.45, 2.75) is 0 Å². The van der Waals surface area contributed by atoms with E-state index in [2.05, 4.69) is 4.33 Å². The molecule has 0 fully saturated rings. The first-order chi connectivity index (χ1) is 2.81. The topological polar surface area (TPSA) is 66.8 Å². The molecule has 46 valence electrons. The third-order valence-corrected chi connectivity index (χ3v) is 0.639. The molecule has 0 rings (SSSR count). The zero-order valence-corrected chi connectivity index (χ0v) is 4.94. The fraction of sp³-hybridized carbons (Fsp3) is 1.00. The van der Waals surface area contributed by atoms with Gasteiger partial charge in [-0.3, -0.25) is 0 Å². The zero-order chi connectivity index (χ0) is 6.15. The summed E-state index contributed by atoms with van der Waals surface area (Å²) in [5.74, 6) is 0. The maximum atomic E-state index is 10.2. The summed E-state index contributed by atoms with van der Waals surface area (Å²) in [7, 11) is -4.06. The highest BCUT2D eigenvalue weighted by Gasteiger charge is 2.18. The molecule has 7 heavy (non-hydrogen) atoms. The Bertz CT molecular complexity index is 111. The Balaban J connectivity index is 4.14. The molecule has 2 N–H and O–H groups in total. The van der Waals surface area contributed by atoms with Crippen LogP contribution in [0.1, 0.15) is 0 Å². The van der Waals surface area contributed by atoms with Crippen LogP contribution in [-0.4, -0.2) is 26.5 Å². The molecule has 5 heteroatoms. The predicted octanol–water partition coefficient (Wildman–Crippen LogP) is -0.0563. The second-order valence-electron chi connectivity index (χ2n) is 1.73. The third kappa shape index (κ3) is 6.03. The van der Waals surface area contributed by atoms with Gasteiger partial charge in [0.05, 0.1) is 0 Å². The Kier molecular flexibility index (Phi) is 1.26. The lowest BCUT2D eigenvalue weighted by atomic mass is 11.9. The van der Waals surface area contributed by atoms with Gasteiger partial charge in [-0.25, -0.2) is 9.47 Å². The summed E-state index contributed by atoms with van der Waals surface area (Å²) in [6.07, 6.45) is 1.80. The maximum absolute atomic E-state index is 10.2. The van der Waals surface area contributed by atoms with Crippen LogP contribution in [0.5, 0.6) is 0 Å². The van der Waals surface area contributed by atoms with Crippen molar-refractivity contribution in [3.63, 3.8) is 0 Å². The van der Waals surface area contributed by atoms with Gasteiger partial charge in [0.15, 0.2) is 0 Å². The van der Waals surface area contributed by atoms with E-state index < -0.39 is 9.63 Å². The first kappa shape index (κ1) is 7.03. The fourth-order valence-electron chi connectivity index (χ4n) is 0. The van der Waals surface area contributed by atoms with Crippen molar-refractivity contribution >= 4 is 9.63 Å². The predicted molar refractivity (Wildman–Crippen MR) is 26.3 cm³/mol. The van der Waals surface area contributed by atoms with E-state index in [1.807, 2.05) is 0 Å². The van der Waals surface area contributed by atoms with Gasteiger partial charge in [-0.05, 0) is 0 Å². The highest BCUT2D eigenvalue weighted by Crippen LogP contribution is 2.08. The Hall–Kier alpha value is 0.0300. The third-order valence-electron chi connectivity index (χ3n) is 0.213. The molecule has 0 aromatic rings. The van der Waals surface area contributed by atoms with Gasteiger partial charge in [-0.1, -0.05) is 0 Å². The summed E-state index contributed by atoms with van der Waals surface area (Å²) in [5, 5.41) is 7.65. The molecule has 0 atom stereocenters. The standard InChI is InChI=1S/C2H8O4S/c1-7(2,4,5)6-3/h3H,1-2H3,(H,4,5). The molecular formula is C2H8O4S. The van der Waals surface area contributed by atoms with Crippen LogP contribution in [0.4, 0.5) is 0 Å². The molecule has 0 aliphatic heterocycles. The van der Waals surface area contributed by atoms with Crippen LogP contribution in [0.2, 0.25) is 0 Å². The maximum Gasteiger partial charge on any atom is 0.108 e. The first-order valence-electron chi connectivity index (χ1n) is 1.51. The van der Waals surface area contributed by atoms with Crippen LogP contribution in [0.3, 0.4) is 0 Å². The van der Waals surface area contributed by atoms with E-state index in [0.717, 1.165) is 12.5 Å². The van der Waals surface area contributed by atoms with E-state index >= 15 is 0 Å². The summed E-state index contributed by atoms with van der Waals surface area (Å²) in [4.78, 5) is 0. The summed E-state index contributed by atoms with van der Waals surface area (Å²) in [5.41, 5.74) is 0. The Morgan fingerprint density at radius 1 is 1.57 bits per heavy atom. The van der Waals surface area contributed by atoms with E-state index in [9.17, 15) is 4.21 Å². The molecule has 0 saturated carbocycles. The summed E-state index contributed by atoms with van der Waals surface area (Å²) in [6, 6.07) is 0. The van der Waals surface area contributed by atoms with Gasteiger partial charge in [0.25, 0.3) is 0 Å². The fourth-order valence-corrected chi connectivity index (χ4v) is 0. The average Bonchev–Trinajstić information content (AvgIpc) is 1.32. The van der Waals surface area contributed by atoms with Crippen molar-refractivity contribution < 1.29 is 18.4 Å². The minimum absolute atomic E-state index is 0.900. The quantitative estimate of drug-likeness (QED) is 0.383. The van der Waals surface area contributed by atoms with Crippen LogP contribution in [0.15, 0.2) is 0 Å². The van der Waals surface area contributed by atoms with Gasteiger partial charge in [-0.15, -0.1) is 4.33 Å². The second-order valence-corrected chi connectivity index (χ2v) is 5.20. The van der Waals surface area contributed by atoms with E-state index in [4.69, 9.17) is 9.81 Å². The van der Waals surface area contributed by atoms with E-state index in [-0.39, 0.29) is 0 Å². The normalized spacial score (nSPS) is 18.0. The molecule has 4 nitrogen and oxygen atoms in total. The van der Waals surface area contributed by atoms with Crippen molar-refractivity contribution in [1.29, 1.82) is 0 Å². The number of hydrogen-bond donors (Lipinski definition) is 2. The van der Waals surface area contributed by atoms with Gasteiger partial charge in [0.2, 0.25) is 0 Å². The average molecular weight is 128 g/mol. The molecule has 0 spiro atoms. The molecule has 0 aromatic heterocycles. The van der Waals surface area contributed by atoms with Crippen molar-refractivity contribution in [2.75, 3.05) is 12.5 Å². The molecule has 0 aromatic carbocycles. The highest BCUT2D eigenvalue weighted by molar-refractivity contribution is 8.09. The van der Waals surface area contributed by atoms with E-state index in [1.54, 1.807) is 0 Å². The Morgan fingerprint density at radius 2 is 1.71 bits per heavy atom. The molecule has 0 aliphatic carbocycles. The van der Waals surface area contributed by atoms with Gasteiger partial charge in [0.1, 0.15) is 9.63 Å². The lowest BCUT2D eigenvalue weighted by Crippen LogP contribution is -2.29. The molecule has 0 bridgehead atoms. The highest BCUT2D eigenvalue weighted by atomic mass is 32.3. The molecule has 0 amide bonds. The monoisotopic (exact) mass is 128 g/mol. The van der Waals surface area contributed by atoms with E-state index in [0.29, 0.717) is 0 Å². The lowest BCUT2D eigenvalue weighted by molar-refractivity contribution is -0.141. The molecular weight excluding hydrogens is 120 g/mol. The van der Waals surface area contributed by atoms with Gasteiger partial charge < -0.3 is 4.55 Å². The first-order valence-corrected chi connectivity index (χ1v) is 4.18. The molecule has 0 aliphatic rings. The minimum Gasteiger partial charge on any atom is -0.306 e. The number of hydrogen-bond acceptors (Lipinski definition) is 3. The minimum atomic E-state index is -4.06. The summed E-state index contributed by atoms with van der Waals surface area (Å²) in [6.45, 7) is 0. The van der Waals surface area contributed by atoms with Crippen molar-refractivity contribution in [1.82, 2.24) is 0 Å². The molecule has 0 unspecified atom stereocenters. The Labute approximate surface area is 41.5 Å². The van der Waals surface area contributed by atoms with Gasteiger partial charge in [-0.2, -0.15) is 0 Å². The molecule has 0 radical (unpaired) electrons. The van der Waals surface area contributed by atoms with Gasteiger partial charge >= 0.3 is 0 Å². The second kappa shape index (κ2) is 1.25. The SMILES string of the molecule is CS(C)(=O)(O)OO. The van der Waals surface area contributed by atoms with Gasteiger partial charge in [0, 0.05) is 12.5 Å². The largest absolute Gasteiger partial charge is 0.306 e. The molecule has 0 saturated heterocycles. The Morgan fingerprint density at radius 3 is 1.71 bits per heavy atom.